The van der Waals surface area contributed by atoms with E-state index in [2.05, 4.69) is 25.6 Å². The van der Waals surface area contributed by atoms with Crippen LogP contribution in [0.15, 0.2) is 39.5 Å². The van der Waals surface area contributed by atoms with Gasteiger partial charge >= 0.3 is 0 Å². The third kappa shape index (κ3) is 1.62. The zero-order valence-electron chi connectivity index (χ0n) is 6.50. The fraction of sp³-hybridized carbons (Fsp3) is 0. The summed E-state index contributed by atoms with van der Waals surface area (Å²) in [6, 6.07) is 6.42. The third-order valence-corrected chi connectivity index (χ3v) is 2.26. The van der Waals surface area contributed by atoms with Gasteiger partial charge in [0.05, 0.1) is 4.47 Å². The maximum atomic E-state index is 12.8. The van der Waals surface area contributed by atoms with Gasteiger partial charge in [-0.05, 0) is 34.1 Å². The Kier molecular flexibility index (Phi) is 2.14. The van der Waals surface area contributed by atoms with Crippen molar-refractivity contribution >= 4 is 15.9 Å². The van der Waals surface area contributed by atoms with E-state index in [0.29, 0.717) is 10.2 Å². The molecule has 0 atom stereocenters. The summed E-state index contributed by atoms with van der Waals surface area (Å²) in [6.45, 7) is 0. The molecule has 0 radical (unpaired) electrons. The van der Waals surface area contributed by atoms with E-state index in [1.54, 1.807) is 18.2 Å². The highest BCUT2D eigenvalue weighted by Gasteiger charge is 2.04. The molecule has 0 amide bonds. The summed E-state index contributed by atoms with van der Waals surface area (Å²) in [5.74, 6) is -0.285. The van der Waals surface area contributed by atoms with Gasteiger partial charge in [-0.15, -0.1) is 0 Å². The minimum atomic E-state index is -0.285. The molecular formula is C9H5BrFNO. The molecule has 0 fully saturated rings. The van der Waals surface area contributed by atoms with Gasteiger partial charge in [0.2, 0.25) is 0 Å². The van der Waals surface area contributed by atoms with Gasteiger partial charge in [-0.1, -0.05) is 5.16 Å². The Morgan fingerprint density at radius 3 is 2.77 bits per heavy atom. The first-order chi connectivity index (χ1) is 6.27. The van der Waals surface area contributed by atoms with E-state index in [1.165, 1.54) is 12.3 Å². The normalized spacial score (nSPS) is 10.3. The number of halogens is 2. The number of benzene rings is 1. The maximum Gasteiger partial charge on any atom is 0.137 e. The summed E-state index contributed by atoms with van der Waals surface area (Å²) in [5.41, 5.74) is 1.52. The molecule has 0 saturated heterocycles. The Hall–Kier alpha value is -1.16. The molecule has 1 aromatic carbocycles. The molecular weight excluding hydrogens is 237 g/mol. The molecule has 66 valence electrons. The topological polar surface area (TPSA) is 26.0 Å². The zero-order valence-corrected chi connectivity index (χ0v) is 8.08. The lowest BCUT2D eigenvalue weighted by molar-refractivity contribution is 0.422. The lowest BCUT2D eigenvalue weighted by Gasteiger charge is -1.97. The van der Waals surface area contributed by atoms with Crippen LogP contribution in [0.1, 0.15) is 0 Å². The Balaban J connectivity index is 2.49. The highest BCUT2D eigenvalue weighted by molar-refractivity contribution is 9.10. The van der Waals surface area contributed by atoms with Crippen LogP contribution in [0.3, 0.4) is 0 Å². The highest BCUT2D eigenvalue weighted by atomic mass is 79.9. The first-order valence-corrected chi connectivity index (χ1v) is 4.42. The van der Waals surface area contributed by atoms with Crippen molar-refractivity contribution in [2.75, 3.05) is 0 Å². The number of aromatic nitrogens is 1. The summed E-state index contributed by atoms with van der Waals surface area (Å²) in [7, 11) is 0. The van der Waals surface area contributed by atoms with E-state index in [4.69, 9.17) is 0 Å². The molecule has 0 bridgehead atoms. The van der Waals surface area contributed by atoms with Crippen LogP contribution in [0.25, 0.3) is 11.3 Å². The van der Waals surface area contributed by atoms with E-state index in [9.17, 15) is 4.39 Å². The van der Waals surface area contributed by atoms with Crippen LogP contribution >= 0.6 is 15.9 Å². The van der Waals surface area contributed by atoms with Gasteiger partial charge in [0, 0.05) is 11.6 Å². The van der Waals surface area contributed by atoms with Crippen molar-refractivity contribution < 1.29 is 8.91 Å². The fourth-order valence-corrected chi connectivity index (χ4v) is 1.40. The molecule has 0 aliphatic rings. The second kappa shape index (κ2) is 3.30. The molecule has 0 saturated carbocycles. The molecule has 2 rings (SSSR count). The van der Waals surface area contributed by atoms with E-state index in [0.717, 1.165) is 5.56 Å². The SMILES string of the molecule is Fc1ccc(-c2ccon2)cc1Br. The maximum absolute atomic E-state index is 12.8. The number of hydrogen-bond acceptors (Lipinski definition) is 2. The van der Waals surface area contributed by atoms with Crippen molar-refractivity contribution in [3.63, 3.8) is 0 Å². The predicted octanol–water partition coefficient (Wildman–Crippen LogP) is 3.24. The van der Waals surface area contributed by atoms with Crippen molar-refractivity contribution in [3.05, 3.63) is 40.8 Å². The molecule has 2 nitrogen and oxygen atoms in total. The van der Waals surface area contributed by atoms with Gasteiger partial charge in [0.25, 0.3) is 0 Å². The molecule has 1 heterocycles. The quantitative estimate of drug-likeness (QED) is 0.767. The molecule has 4 heteroatoms. The number of rotatable bonds is 1. The van der Waals surface area contributed by atoms with Crippen molar-refractivity contribution in [1.82, 2.24) is 5.16 Å². The van der Waals surface area contributed by atoms with Crippen LogP contribution in [0.4, 0.5) is 4.39 Å². The molecule has 0 spiro atoms. The van der Waals surface area contributed by atoms with Gasteiger partial charge < -0.3 is 4.52 Å². The van der Waals surface area contributed by atoms with Gasteiger partial charge in [-0.3, -0.25) is 0 Å². The molecule has 1 aromatic heterocycles. The van der Waals surface area contributed by atoms with Crippen molar-refractivity contribution in [2.45, 2.75) is 0 Å². The monoisotopic (exact) mass is 241 g/mol. The molecule has 0 aliphatic heterocycles. The van der Waals surface area contributed by atoms with Gasteiger partial charge in [-0.2, -0.15) is 0 Å². The lowest BCUT2D eigenvalue weighted by Crippen LogP contribution is -1.80. The van der Waals surface area contributed by atoms with Crippen LogP contribution < -0.4 is 0 Å². The largest absolute Gasteiger partial charge is 0.364 e. The summed E-state index contributed by atoms with van der Waals surface area (Å²) < 4.78 is 18.0. The van der Waals surface area contributed by atoms with E-state index < -0.39 is 0 Å². The Morgan fingerprint density at radius 2 is 2.15 bits per heavy atom. The predicted molar refractivity (Wildman–Crippen MR) is 49.6 cm³/mol. The summed E-state index contributed by atoms with van der Waals surface area (Å²) in [4.78, 5) is 0. The van der Waals surface area contributed by atoms with Crippen molar-refractivity contribution in [1.29, 1.82) is 0 Å². The molecule has 0 N–H and O–H groups in total. The standard InChI is InChI=1S/C9H5BrFNO/c10-7-5-6(1-2-8(7)11)9-3-4-13-12-9/h1-5H. The molecule has 2 aromatic rings. The third-order valence-electron chi connectivity index (χ3n) is 1.65. The first kappa shape index (κ1) is 8.44. The second-order valence-electron chi connectivity index (χ2n) is 2.51. The second-order valence-corrected chi connectivity index (χ2v) is 3.37. The van der Waals surface area contributed by atoms with Gasteiger partial charge in [0.15, 0.2) is 0 Å². The Morgan fingerprint density at radius 1 is 1.31 bits per heavy atom. The van der Waals surface area contributed by atoms with Gasteiger partial charge in [0.1, 0.15) is 17.8 Å². The molecule has 13 heavy (non-hydrogen) atoms. The summed E-state index contributed by atoms with van der Waals surface area (Å²) >= 11 is 3.10. The van der Waals surface area contributed by atoms with Gasteiger partial charge in [-0.25, -0.2) is 4.39 Å². The number of nitrogens with zero attached hydrogens (tertiary/aromatic N) is 1. The smallest absolute Gasteiger partial charge is 0.137 e. The minimum absolute atomic E-state index is 0.285. The summed E-state index contributed by atoms with van der Waals surface area (Å²) in [6.07, 6.45) is 1.48. The molecule has 0 unspecified atom stereocenters. The van der Waals surface area contributed by atoms with Crippen LogP contribution in [-0.2, 0) is 0 Å². The Labute approximate surface area is 82.5 Å². The van der Waals surface area contributed by atoms with E-state index in [1.807, 2.05) is 0 Å². The van der Waals surface area contributed by atoms with E-state index in [-0.39, 0.29) is 5.82 Å². The van der Waals surface area contributed by atoms with Crippen LogP contribution in [-0.4, -0.2) is 5.16 Å². The van der Waals surface area contributed by atoms with Crippen LogP contribution in [0.2, 0.25) is 0 Å². The van der Waals surface area contributed by atoms with Crippen LogP contribution in [0.5, 0.6) is 0 Å². The Bertz CT molecular complexity index is 414. The molecule has 0 aliphatic carbocycles. The average Bonchev–Trinajstić information content (AvgIpc) is 2.62. The fourth-order valence-electron chi connectivity index (χ4n) is 1.02. The minimum Gasteiger partial charge on any atom is -0.364 e. The lowest BCUT2D eigenvalue weighted by atomic mass is 10.1. The zero-order chi connectivity index (χ0) is 9.26. The van der Waals surface area contributed by atoms with E-state index >= 15 is 0 Å². The average molecular weight is 242 g/mol. The summed E-state index contributed by atoms with van der Waals surface area (Å²) in [5, 5.41) is 3.74. The van der Waals surface area contributed by atoms with Crippen LogP contribution in [0, 0.1) is 5.82 Å². The highest BCUT2D eigenvalue weighted by Crippen LogP contribution is 2.23. The number of hydrogen-bond donors (Lipinski definition) is 0. The first-order valence-electron chi connectivity index (χ1n) is 3.63. The van der Waals surface area contributed by atoms with Crippen molar-refractivity contribution in [3.8, 4) is 11.3 Å². The van der Waals surface area contributed by atoms with Crippen molar-refractivity contribution in [2.24, 2.45) is 0 Å².